The van der Waals surface area contributed by atoms with Gasteiger partial charge in [-0.25, -0.2) is 4.79 Å². The number of para-hydroxylation sites is 1. The van der Waals surface area contributed by atoms with E-state index in [0.717, 1.165) is 67.3 Å². The normalized spacial score (nSPS) is 11.3. The number of H-pyrrole nitrogens is 1. The summed E-state index contributed by atoms with van der Waals surface area (Å²) in [4.78, 5) is 16.3. The molecule has 7 heteroatoms. The van der Waals surface area contributed by atoms with Crippen LogP contribution in [0.5, 0.6) is 5.75 Å². The number of carbonyl (C=O) groups is 1. The molecule has 1 N–H and O–H groups in total. The summed E-state index contributed by atoms with van der Waals surface area (Å²) in [6.45, 7) is 10.7. The Hall–Kier alpha value is -3.25. The highest BCUT2D eigenvalue weighted by Gasteiger charge is 2.22. The van der Waals surface area contributed by atoms with Crippen LogP contribution in [-0.2, 0) is 18.2 Å². The van der Waals surface area contributed by atoms with Gasteiger partial charge in [0.05, 0.1) is 24.4 Å². The van der Waals surface area contributed by atoms with Gasteiger partial charge in [-0.15, -0.1) is 0 Å². The fraction of sp³-hybridized carbons (Fsp3) is 0.357. The first-order chi connectivity index (χ1) is 16.7. The maximum absolute atomic E-state index is 12.9. The summed E-state index contributed by atoms with van der Waals surface area (Å²) in [5.74, 6) is 0.466. The number of hydrogen-bond donors (Lipinski definition) is 1. The maximum Gasteiger partial charge on any atom is 0.355 e. The molecule has 0 fully saturated rings. The van der Waals surface area contributed by atoms with E-state index in [1.807, 2.05) is 57.6 Å². The van der Waals surface area contributed by atoms with Gasteiger partial charge in [0, 0.05) is 34.3 Å². The maximum atomic E-state index is 12.9. The molecule has 35 heavy (non-hydrogen) atoms. The van der Waals surface area contributed by atoms with Gasteiger partial charge in [0.25, 0.3) is 0 Å². The number of hydrogen-bond acceptors (Lipinski definition) is 4. The van der Waals surface area contributed by atoms with Crippen molar-refractivity contribution in [3.63, 3.8) is 0 Å². The third kappa shape index (κ3) is 4.80. The fourth-order valence-corrected chi connectivity index (χ4v) is 4.82. The number of fused-ring (bicyclic) bond motifs is 1. The molecule has 6 nitrogen and oxygen atoms in total. The Morgan fingerprint density at radius 1 is 1.14 bits per heavy atom. The van der Waals surface area contributed by atoms with Gasteiger partial charge in [-0.3, -0.25) is 4.68 Å². The van der Waals surface area contributed by atoms with E-state index in [2.05, 4.69) is 29.1 Å². The van der Waals surface area contributed by atoms with Crippen LogP contribution in [0.2, 0.25) is 5.02 Å². The number of rotatable bonds is 8. The van der Waals surface area contributed by atoms with E-state index < -0.39 is 0 Å². The largest absolute Gasteiger partial charge is 0.494 e. The topological polar surface area (TPSA) is 69.1 Å². The fourth-order valence-electron chi connectivity index (χ4n) is 4.71. The standard InChI is InChI=1S/C28H32ClN3O3/c1-7-34-28(33)27-22(12-9-13-35-20-14-16(2)25(29)17(3)15-20)21-10-8-11-23(26(21)30-27)24-18(4)31-32(6)19(24)5/h8,10-11,14-15,30H,7,9,12-13H2,1-6H3. The summed E-state index contributed by atoms with van der Waals surface area (Å²) in [5, 5.41) is 6.37. The molecule has 184 valence electrons. The summed E-state index contributed by atoms with van der Waals surface area (Å²) in [6.07, 6.45) is 1.42. The third-order valence-electron chi connectivity index (χ3n) is 6.45. The van der Waals surface area contributed by atoms with Gasteiger partial charge >= 0.3 is 5.97 Å². The Balaban J connectivity index is 1.66. The molecule has 0 radical (unpaired) electrons. The molecule has 2 heterocycles. The number of halogens is 1. The lowest BCUT2D eigenvalue weighted by Crippen LogP contribution is -2.09. The van der Waals surface area contributed by atoms with Gasteiger partial charge in [-0.05, 0) is 76.3 Å². The predicted molar refractivity (Wildman–Crippen MR) is 141 cm³/mol. The van der Waals surface area contributed by atoms with Gasteiger partial charge in [0.2, 0.25) is 0 Å². The zero-order valence-corrected chi connectivity index (χ0v) is 22.0. The molecule has 0 spiro atoms. The summed E-state index contributed by atoms with van der Waals surface area (Å²) < 4.78 is 13.3. The van der Waals surface area contributed by atoms with Gasteiger partial charge in [0.15, 0.2) is 0 Å². The number of nitrogens with zero attached hydrogens (tertiary/aromatic N) is 2. The molecule has 0 atom stereocenters. The number of aryl methyl sites for hydroxylation is 5. The number of aromatic amines is 1. The van der Waals surface area contributed by atoms with Crippen molar-refractivity contribution in [2.45, 2.75) is 47.5 Å². The van der Waals surface area contributed by atoms with Crippen molar-refractivity contribution in [1.82, 2.24) is 14.8 Å². The highest BCUT2D eigenvalue weighted by atomic mass is 35.5. The van der Waals surface area contributed by atoms with E-state index >= 15 is 0 Å². The van der Waals surface area contributed by atoms with Gasteiger partial charge in [-0.2, -0.15) is 5.10 Å². The third-order valence-corrected chi connectivity index (χ3v) is 7.05. The number of nitrogens with one attached hydrogen (secondary N) is 1. The Morgan fingerprint density at radius 2 is 1.86 bits per heavy atom. The monoisotopic (exact) mass is 493 g/mol. The van der Waals surface area contributed by atoms with Crippen LogP contribution in [0, 0.1) is 27.7 Å². The first-order valence-corrected chi connectivity index (χ1v) is 12.3. The molecular weight excluding hydrogens is 462 g/mol. The minimum absolute atomic E-state index is 0.319. The molecule has 4 rings (SSSR count). The molecule has 2 aromatic heterocycles. The van der Waals surface area contributed by atoms with Crippen molar-refractivity contribution in [2.75, 3.05) is 13.2 Å². The molecule has 0 saturated carbocycles. The van der Waals surface area contributed by atoms with Crippen molar-refractivity contribution in [1.29, 1.82) is 0 Å². The zero-order valence-electron chi connectivity index (χ0n) is 21.2. The van der Waals surface area contributed by atoms with Crippen LogP contribution in [0.25, 0.3) is 22.0 Å². The van der Waals surface area contributed by atoms with Crippen molar-refractivity contribution in [3.05, 3.63) is 69.1 Å². The van der Waals surface area contributed by atoms with Crippen LogP contribution >= 0.6 is 11.6 Å². The average molecular weight is 494 g/mol. The number of aromatic nitrogens is 3. The average Bonchev–Trinajstić information content (AvgIpc) is 3.31. The smallest absolute Gasteiger partial charge is 0.355 e. The van der Waals surface area contributed by atoms with E-state index in [1.54, 1.807) is 0 Å². The second-order valence-electron chi connectivity index (χ2n) is 8.92. The second-order valence-corrected chi connectivity index (χ2v) is 9.30. The van der Waals surface area contributed by atoms with Crippen LogP contribution < -0.4 is 4.74 Å². The van der Waals surface area contributed by atoms with Crippen LogP contribution in [0.3, 0.4) is 0 Å². The Morgan fingerprint density at radius 3 is 2.49 bits per heavy atom. The molecular formula is C28H32ClN3O3. The lowest BCUT2D eigenvalue weighted by atomic mass is 9.98. The zero-order chi connectivity index (χ0) is 25.3. The van der Waals surface area contributed by atoms with Crippen molar-refractivity contribution in [3.8, 4) is 16.9 Å². The van der Waals surface area contributed by atoms with E-state index in [9.17, 15) is 4.79 Å². The Labute approximate surface area is 211 Å². The van der Waals surface area contributed by atoms with Crippen LogP contribution in [0.4, 0.5) is 0 Å². The highest BCUT2D eigenvalue weighted by molar-refractivity contribution is 6.32. The Kier molecular flexibility index (Phi) is 7.22. The lowest BCUT2D eigenvalue weighted by Gasteiger charge is -2.10. The van der Waals surface area contributed by atoms with Crippen LogP contribution in [-0.4, -0.2) is 33.9 Å². The highest BCUT2D eigenvalue weighted by Crippen LogP contribution is 2.36. The molecule has 0 unspecified atom stereocenters. The summed E-state index contributed by atoms with van der Waals surface area (Å²) in [6, 6.07) is 10.1. The number of benzene rings is 2. The quantitative estimate of drug-likeness (QED) is 0.220. The predicted octanol–water partition coefficient (Wildman–Crippen LogP) is 6.64. The Bertz CT molecular complexity index is 1380. The van der Waals surface area contributed by atoms with Gasteiger partial charge < -0.3 is 14.5 Å². The van der Waals surface area contributed by atoms with Crippen molar-refractivity contribution < 1.29 is 14.3 Å². The summed E-state index contributed by atoms with van der Waals surface area (Å²) >= 11 is 6.28. The summed E-state index contributed by atoms with van der Waals surface area (Å²) in [7, 11) is 1.94. The first kappa shape index (κ1) is 24.9. The SMILES string of the molecule is CCOC(=O)c1[nH]c2c(-c3c(C)nn(C)c3C)cccc2c1CCCOc1cc(C)c(Cl)c(C)c1. The molecule has 0 amide bonds. The van der Waals surface area contributed by atoms with Crippen LogP contribution in [0.15, 0.2) is 30.3 Å². The summed E-state index contributed by atoms with van der Waals surface area (Å²) in [5.41, 5.74) is 8.52. The van der Waals surface area contributed by atoms with E-state index in [4.69, 9.17) is 21.1 Å². The lowest BCUT2D eigenvalue weighted by molar-refractivity contribution is 0.0519. The first-order valence-electron chi connectivity index (χ1n) is 11.9. The molecule has 0 aliphatic rings. The molecule has 0 saturated heterocycles. The molecule has 0 aliphatic heterocycles. The van der Waals surface area contributed by atoms with E-state index in [-0.39, 0.29) is 5.97 Å². The van der Waals surface area contributed by atoms with Crippen molar-refractivity contribution >= 4 is 28.5 Å². The van der Waals surface area contributed by atoms with Gasteiger partial charge in [0.1, 0.15) is 11.4 Å². The molecule has 4 aromatic rings. The minimum atomic E-state index is -0.339. The number of ether oxygens (including phenoxy) is 2. The van der Waals surface area contributed by atoms with E-state index in [1.165, 1.54) is 0 Å². The number of esters is 1. The molecule has 0 bridgehead atoms. The van der Waals surface area contributed by atoms with Gasteiger partial charge in [-0.1, -0.05) is 29.8 Å². The second kappa shape index (κ2) is 10.2. The van der Waals surface area contributed by atoms with Crippen molar-refractivity contribution in [2.24, 2.45) is 7.05 Å². The molecule has 0 aliphatic carbocycles. The molecule has 2 aromatic carbocycles. The number of carbonyl (C=O) groups excluding carboxylic acids is 1. The minimum Gasteiger partial charge on any atom is -0.494 e. The van der Waals surface area contributed by atoms with Crippen LogP contribution in [0.1, 0.15) is 51.9 Å². The van der Waals surface area contributed by atoms with E-state index in [0.29, 0.717) is 25.3 Å².